The van der Waals surface area contributed by atoms with Crippen molar-refractivity contribution in [1.82, 2.24) is 4.98 Å². The van der Waals surface area contributed by atoms with Crippen LogP contribution >= 0.6 is 11.3 Å². The molecule has 138 valence electrons. The van der Waals surface area contributed by atoms with Crippen LogP contribution in [0.2, 0.25) is 0 Å². The zero-order chi connectivity index (χ0) is 19.3. The van der Waals surface area contributed by atoms with Crippen LogP contribution in [0.5, 0.6) is 11.5 Å². The first-order chi connectivity index (χ1) is 13.7. The third kappa shape index (κ3) is 4.24. The van der Waals surface area contributed by atoms with Crippen LogP contribution in [0.4, 0.5) is 9.52 Å². The van der Waals surface area contributed by atoms with Gasteiger partial charge in [-0.3, -0.25) is 10.1 Å². The van der Waals surface area contributed by atoms with Crippen LogP contribution in [0.3, 0.4) is 0 Å². The van der Waals surface area contributed by atoms with Gasteiger partial charge >= 0.3 is 0 Å². The normalized spacial score (nSPS) is 10.5. The van der Waals surface area contributed by atoms with E-state index in [0.29, 0.717) is 22.1 Å². The second-order valence-electron chi connectivity index (χ2n) is 5.94. The zero-order valence-corrected chi connectivity index (χ0v) is 15.4. The highest BCUT2D eigenvalue weighted by Gasteiger charge is 2.10. The molecule has 0 spiro atoms. The van der Waals surface area contributed by atoms with Gasteiger partial charge in [0.15, 0.2) is 5.13 Å². The van der Waals surface area contributed by atoms with Crippen LogP contribution < -0.4 is 10.1 Å². The second-order valence-corrected chi connectivity index (χ2v) is 6.80. The van der Waals surface area contributed by atoms with E-state index in [0.717, 1.165) is 11.3 Å². The van der Waals surface area contributed by atoms with Crippen LogP contribution in [-0.2, 0) is 0 Å². The molecular formula is C22H15FN2O2S. The molecule has 4 nitrogen and oxygen atoms in total. The van der Waals surface area contributed by atoms with Crippen molar-refractivity contribution >= 4 is 22.4 Å². The Morgan fingerprint density at radius 1 is 0.893 bits per heavy atom. The first-order valence-corrected chi connectivity index (χ1v) is 9.41. The largest absolute Gasteiger partial charge is 0.457 e. The van der Waals surface area contributed by atoms with Crippen molar-refractivity contribution in [2.45, 2.75) is 0 Å². The number of anilines is 1. The molecule has 0 fully saturated rings. The molecule has 0 atom stereocenters. The summed E-state index contributed by atoms with van der Waals surface area (Å²) in [6.07, 6.45) is 0. The Morgan fingerprint density at radius 2 is 1.57 bits per heavy atom. The first kappa shape index (κ1) is 17.9. The second kappa shape index (κ2) is 8.02. The molecule has 0 aliphatic heterocycles. The molecule has 0 aliphatic rings. The number of benzene rings is 3. The van der Waals surface area contributed by atoms with Crippen molar-refractivity contribution in [3.8, 4) is 22.8 Å². The number of carbonyl (C=O) groups excluding carboxylic acids is 1. The number of amides is 1. The van der Waals surface area contributed by atoms with Crippen molar-refractivity contribution in [1.29, 1.82) is 0 Å². The van der Waals surface area contributed by atoms with E-state index in [-0.39, 0.29) is 11.7 Å². The van der Waals surface area contributed by atoms with E-state index in [1.807, 2.05) is 35.7 Å². The van der Waals surface area contributed by atoms with E-state index in [9.17, 15) is 9.18 Å². The van der Waals surface area contributed by atoms with Gasteiger partial charge in [-0.2, -0.15) is 0 Å². The summed E-state index contributed by atoms with van der Waals surface area (Å²) < 4.78 is 18.8. The number of thiazole rings is 1. The van der Waals surface area contributed by atoms with Gasteiger partial charge in [0.2, 0.25) is 0 Å². The van der Waals surface area contributed by atoms with E-state index in [2.05, 4.69) is 10.3 Å². The van der Waals surface area contributed by atoms with Crippen LogP contribution in [0.1, 0.15) is 10.4 Å². The molecule has 0 saturated heterocycles. The Hall–Kier alpha value is -3.51. The van der Waals surface area contributed by atoms with Crippen LogP contribution in [0.15, 0.2) is 84.2 Å². The molecule has 0 saturated carbocycles. The maximum Gasteiger partial charge on any atom is 0.257 e. The number of hydrogen-bond acceptors (Lipinski definition) is 4. The molecule has 1 aromatic heterocycles. The highest BCUT2D eigenvalue weighted by Crippen LogP contribution is 2.26. The number of halogens is 1. The van der Waals surface area contributed by atoms with E-state index in [1.54, 1.807) is 36.4 Å². The standard InChI is InChI=1S/C22H15FN2O2S/c23-17-10-6-15(7-11-17)20-14-28-22(24-20)25-21(26)16-8-12-19(13-9-16)27-18-4-2-1-3-5-18/h1-14H,(H,24,25,26). The predicted molar refractivity (Wildman–Crippen MR) is 108 cm³/mol. The Kier molecular flexibility index (Phi) is 5.12. The molecule has 1 amide bonds. The zero-order valence-electron chi connectivity index (χ0n) is 14.6. The molecular weight excluding hydrogens is 375 g/mol. The summed E-state index contributed by atoms with van der Waals surface area (Å²) in [6, 6.07) is 22.4. The van der Waals surface area contributed by atoms with Crippen molar-refractivity contribution in [2.24, 2.45) is 0 Å². The topological polar surface area (TPSA) is 51.2 Å². The van der Waals surface area contributed by atoms with Gasteiger partial charge in [0, 0.05) is 16.5 Å². The van der Waals surface area contributed by atoms with E-state index >= 15 is 0 Å². The minimum absolute atomic E-state index is 0.258. The summed E-state index contributed by atoms with van der Waals surface area (Å²) in [6.45, 7) is 0. The molecule has 28 heavy (non-hydrogen) atoms. The first-order valence-electron chi connectivity index (χ1n) is 8.53. The Balaban J connectivity index is 1.42. The number of para-hydroxylation sites is 1. The lowest BCUT2D eigenvalue weighted by Gasteiger charge is -2.06. The van der Waals surface area contributed by atoms with E-state index in [4.69, 9.17) is 4.74 Å². The lowest BCUT2D eigenvalue weighted by atomic mass is 10.2. The van der Waals surface area contributed by atoms with Crippen molar-refractivity contribution < 1.29 is 13.9 Å². The van der Waals surface area contributed by atoms with E-state index in [1.165, 1.54) is 23.5 Å². The molecule has 6 heteroatoms. The Morgan fingerprint density at radius 3 is 2.29 bits per heavy atom. The quantitative estimate of drug-likeness (QED) is 0.455. The van der Waals surface area contributed by atoms with Gasteiger partial charge in [-0.15, -0.1) is 11.3 Å². The Bertz CT molecular complexity index is 1080. The van der Waals surface area contributed by atoms with Crippen LogP contribution in [0, 0.1) is 5.82 Å². The average molecular weight is 390 g/mol. The molecule has 0 unspecified atom stereocenters. The summed E-state index contributed by atoms with van der Waals surface area (Å²) in [4.78, 5) is 16.8. The summed E-state index contributed by atoms with van der Waals surface area (Å²) in [5.41, 5.74) is 1.98. The number of nitrogens with one attached hydrogen (secondary N) is 1. The molecule has 0 radical (unpaired) electrons. The fourth-order valence-electron chi connectivity index (χ4n) is 2.55. The molecule has 4 aromatic rings. The third-order valence-corrected chi connectivity index (χ3v) is 4.72. The highest BCUT2D eigenvalue weighted by molar-refractivity contribution is 7.14. The minimum atomic E-state index is -0.299. The fraction of sp³-hybridized carbons (Fsp3) is 0. The molecule has 4 rings (SSSR count). The molecule has 1 heterocycles. The summed E-state index contributed by atoms with van der Waals surface area (Å²) in [5.74, 6) is 0.824. The van der Waals surface area contributed by atoms with Gasteiger partial charge < -0.3 is 4.74 Å². The number of nitrogens with zero attached hydrogens (tertiary/aromatic N) is 1. The lowest BCUT2D eigenvalue weighted by molar-refractivity contribution is 0.102. The van der Waals surface area contributed by atoms with Crippen molar-refractivity contribution in [2.75, 3.05) is 5.32 Å². The summed E-state index contributed by atoms with van der Waals surface area (Å²) in [7, 11) is 0. The van der Waals surface area contributed by atoms with Gasteiger partial charge in [0.25, 0.3) is 5.91 Å². The fourth-order valence-corrected chi connectivity index (χ4v) is 3.27. The van der Waals surface area contributed by atoms with Gasteiger partial charge in [-0.05, 0) is 60.7 Å². The van der Waals surface area contributed by atoms with Crippen molar-refractivity contribution in [3.05, 3.63) is 95.6 Å². The third-order valence-electron chi connectivity index (χ3n) is 3.96. The average Bonchev–Trinajstić information content (AvgIpc) is 3.18. The smallest absolute Gasteiger partial charge is 0.257 e. The van der Waals surface area contributed by atoms with E-state index < -0.39 is 0 Å². The number of carbonyl (C=O) groups is 1. The maximum absolute atomic E-state index is 13.0. The lowest BCUT2D eigenvalue weighted by Crippen LogP contribution is -2.11. The molecule has 1 N–H and O–H groups in total. The maximum atomic E-state index is 13.0. The highest BCUT2D eigenvalue weighted by atomic mass is 32.1. The number of aromatic nitrogens is 1. The number of rotatable bonds is 5. The van der Waals surface area contributed by atoms with Gasteiger partial charge in [0.05, 0.1) is 5.69 Å². The monoisotopic (exact) mass is 390 g/mol. The number of ether oxygens (including phenoxy) is 1. The van der Waals surface area contributed by atoms with Gasteiger partial charge in [-0.1, -0.05) is 18.2 Å². The van der Waals surface area contributed by atoms with Crippen LogP contribution in [-0.4, -0.2) is 10.9 Å². The van der Waals surface area contributed by atoms with Crippen molar-refractivity contribution in [3.63, 3.8) is 0 Å². The van der Waals surface area contributed by atoms with Gasteiger partial charge in [-0.25, -0.2) is 9.37 Å². The predicted octanol–water partition coefficient (Wildman–Crippen LogP) is 5.99. The summed E-state index contributed by atoms with van der Waals surface area (Å²) >= 11 is 1.32. The molecule has 0 bridgehead atoms. The summed E-state index contributed by atoms with van der Waals surface area (Å²) in [5, 5.41) is 5.08. The SMILES string of the molecule is O=C(Nc1nc(-c2ccc(F)cc2)cs1)c1ccc(Oc2ccccc2)cc1. The number of hydrogen-bond donors (Lipinski definition) is 1. The molecule has 0 aliphatic carbocycles. The Labute approximate surface area is 165 Å². The molecule has 3 aromatic carbocycles. The van der Waals surface area contributed by atoms with Crippen LogP contribution in [0.25, 0.3) is 11.3 Å². The van der Waals surface area contributed by atoms with Gasteiger partial charge in [0.1, 0.15) is 17.3 Å². The minimum Gasteiger partial charge on any atom is -0.457 e.